The molecule has 1 aliphatic heterocycles. The number of carboxylic acid groups (broad SMARTS) is 1. The molecule has 0 spiro atoms. The van der Waals surface area contributed by atoms with Gasteiger partial charge in [0.1, 0.15) is 18.0 Å². The molecular weight excluding hydrogens is 616 g/mol. The normalized spacial score (nSPS) is 14.3. The van der Waals surface area contributed by atoms with E-state index in [1.54, 1.807) is 25.4 Å². The Kier molecular flexibility index (Phi) is 11.3. The number of aliphatic carboxylic acids is 1. The second kappa shape index (κ2) is 15.8. The summed E-state index contributed by atoms with van der Waals surface area (Å²) in [4.78, 5) is 39.1. The van der Waals surface area contributed by atoms with Crippen LogP contribution in [-0.2, 0) is 24.2 Å². The number of hydrogen-bond donors (Lipinski definition) is 1. The summed E-state index contributed by atoms with van der Waals surface area (Å²) in [6.07, 6.45) is 4.57. The quantitative estimate of drug-likeness (QED) is 0.154. The molecule has 1 fully saturated rings. The largest absolute Gasteiger partial charge is 0.497 e. The van der Waals surface area contributed by atoms with Crippen molar-refractivity contribution in [2.75, 3.05) is 31.7 Å². The van der Waals surface area contributed by atoms with Crippen molar-refractivity contribution in [2.24, 2.45) is 5.92 Å². The van der Waals surface area contributed by atoms with E-state index in [2.05, 4.69) is 23.7 Å². The van der Waals surface area contributed by atoms with Crippen molar-refractivity contribution in [3.63, 3.8) is 0 Å². The summed E-state index contributed by atoms with van der Waals surface area (Å²) >= 11 is 6.16. The zero-order valence-electron chi connectivity index (χ0n) is 27.1. The van der Waals surface area contributed by atoms with Crippen LogP contribution in [0.5, 0.6) is 11.5 Å². The highest BCUT2D eigenvalue weighted by atomic mass is 35.5. The molecule has 0 saturated carbocycles. The van der Waals surface area contributed by atoms with Crippen LogP contribution in [0, 0.1) is 5.92 Å². The van der Waals surface area contributed by atoms with Gasteiger partial charge in [-0.15, -0.1) is 0 Å². The molecule has 0 bridgehead atoms. The Balaban J connectivity index is 1.44. The van der Waals surface area contributed by atoms with E-state index >= 15 is 0 Å². The van der Waals surface area contributed by atoms with Crippen molar-refractivity contribution >= 4 is 29.4 Å². The van der Waals surface area contributed by atoms with Crippen molar-refractivity contribution in [1.82, 2.24) is 14.9 Å². The van der Waals surface area contributed by atoms with Crippen LogP contribution in [0.4, 0.5) is 5.95 Å². The van der Waals surface area contributed by atoms with E-state index in [0.29, 0.717) is 53.3 Å². The van der Waals surface area contributed by atoms with Crippen LogP contribution in [-0.4, -0.2) is 58.7 Å². The highest BCUT2D eigenvalue weighted by molar-refractivity contribution is 6.30. The molecule has 1 aromatic heterocycles. The Morgan fingerprint density at radius 1 is 0.979 bits per heavy atom. The van der Waals surface area contributed by atoms with Gasteiger partial charge in [0.05, 0.1) is 31.0 Å². The van der Waals surface area contributed by atoms with Crippen LogP contribution in [0.25, 0.3) is 0 Å². The van der Waals surface area contributed by atoms with E-state index in [0.717, 1.165) is 41.8 Å². The summed E-state index contributed by atoms with van der Waals surface area (Å²) in [5, 5.41) is 10.4. The number of benzene rings is 3. The summed E-state index contributed by atoms with van der Waals surface area (Å²) < 4.78 is 11.1. The minimum absolute atomic E-state index is 0.0821. The van der Waals surface area contributed by atoms with E-state index in [1.807, 2.05) is 60.7 Å². The van der Waals surface area contributed by atoms with E-state index in [1.165, 1.54) is 4.90 Å². The first-order chi connectivity index (χ1) is 22.7. The van der Waals surface area contributed by atoms with Gasteiger partial charge in [-0.05, 0) is 84.7 Å². The fourth-order valence-corrected chi connectivity index (χ4v) is 5.84. The maximum absolute atomic E-state index is 14.1. The summed E-state index contributed by atoms with van der Waals surface area (Å²) in [7, 11) is 1.58. The maximum atomic E-state index is 14.1. The predicted molar refractivity (Wildman–Crippen MR) is 182 cm³/mol. The molecule has 0 aliphatic carbocycles. The number of ether oxygens (including phenoxy) is 2. The number of methoxy groups -OCH3 is 1. The lowest BCUT2D eigenvalue weighted by Gasteiger charge is -2.27. The molecule has 1 saturated heterocycles. The third kappa shape index (κ3) is 9.01. The zero-order valence-corrected chi connectivity index (χ0v) is 27.8. The fourth-order valence-electron chi connectivity index (χ4n) is 5.71. The first-order valence-corrected chi connectivity index (χ1v) is 16.3. The van der Waals surface area contributed by atoms with Gasteiger partial charge in [0.15, 0.2) is 0 Å². The first kappa shape index (κ1) is 33.7. The number of halogens is 1. The van der Waals surface area contributed by atoms with Crippen molar-refractivity contribution in [1.29, 1.82) is 0 Å². The van der Waals surface area contributed by atoms with Crippen LogP contribution in [0.2, 0.25) is 5.02 Å². The van der Waals surface area contributed by atoms with Crippen molar-refractivity contribution in [3.05, 3.63) is 112 Å². The molecular formula is C37H41ClN4O5. The number of carbonyl (C=O) groups is 2. The average molecular weight is 657 g/mol. The molecule has 0 unspecified atom stereocenters. The summed E-state index contributed by atoms with van der Waals surface area (Å²) in [5.41, 5.74) is 3.85. The SMILES string of the molecule is COc1ccc(CN(CC(=O)O)C(=O)c2cnc(N3CCC[C@@H]3c3ccc(Cl)cc3)nc2CCc2ccc(OCC(C)C)cc2)cc1. The minimum Gasteiger partial charge on any atom is -0.497 e. The number of aromatic nitrogens is 2. The van der Waals surface area contributed by atoms with E-state index in [-0.39, 0.29) is 12.6 Å². The Hall–Kier alpha value is -4.63. The number of aryl methyl sites for hydroxylation is 2. The van der Waals surface area contributed by atoms with Gasteiger partial charge < -0.3 is 24.4 Å². The molecule has 0 radical (unpaired) electrons. The molecule has 9 nitrogen and oxygen atoms in total. The maximum Gasteiger partial charge on any atom is 0.323 e. The molecule has 3 aromatic carbocycles. The Morgan fingerprint density at radius 3 is 2.32 bits per heavy atom. The number of carbonyl (C=O) groups excluding carboxylic acids is 1. The first-order valence-electron chi connectivity index (χ1n) is 15.9. The van der Waals surface area contributed by atoms with Gasteiger partial charge in [-0.3, -0.25) is 9.59 Å². The lowest BCUT2D eigenvalue weighted by molar-refractivity contribution is -0.137. The number of nitrogens with zero attached hydrogens (tertiary/aromatic N) is 4. The van der Waals surface area contributed by atoms with Gasteiger partial charge in [0, 0.05) is 24.3 Å². The molecule has 246 valence electrons. The number of amides is 1. The molecule has 4 aromatic rings. The molecule has 1 N–H and O–H groups in total. The smallest absolute Gasteiger partial charge is 0.323 e. The molecule has 1 aliphatic rings. The Labute approximate surface area is 281 Å². The Bertz CT molecular complexity index is 1650. The minimum atomic E-state index is -1.10. The fraction of sp³-hybridized carbons (Fsp3) is 0.351. The molecule has 10 heteroatoms. The van der Waals surface area contributed by atoms with E-state index in [4.69, 9.17) is 26.1 Å². The van der Waals surface area contributed by atoms with Gasteiger partial charge >= 0.3 is 5.97 Å². The van der Waals surface area contributed by atoms with Crippen LogP contribution >= 0.6 is 11.6 Å². The van der Waals surface area contributed by atoms with Gasteiger partial charge in [0.2, 0.25) is 5.95 Å². The summed E-state index contributed by atoms with van der Waals surface area (Å²) in [5.74, 6) is 0.929. The lowest BCUT2D eigenvalue weighted by Crippen LogP contribution is -2.36. The third-order valence-corrected chi connectivity index (χ3v) is 8.40. The average Bonchev–Trinajstić information content (AvgIpc) is 3.57. The van der Waals surface area contributed by atoms with Gasteiger partial charge in [0.25, 0.3) is 5.91 Å². The highest BCUT2D eigenvalue weighted by Gasteiger charge is 2.30. The summed E-state index contributed by atoms with van der Waals surface area (Å²) in [6.45, 7) is 5.29. The predicted octanol–water partition coefficient (Wildman–Crippen LogP) is 7.03. The topological polar surface area (TPSA) is 105 Å². The third-order valence-electron chi connectivity index (χ3n) is 8.15. The molecule has 2 heterocycles. The van der Waals surface area contributed by atoms with Crippen LogP contribution in [0.3, 0.4) is 0 Å². The number of carboxylic acids is 1. The number of hydrogen-bond acceptors (Lipinski definition) is 7. The highest BCUT2D eigenvalue weighted by Crippen LogP contribution is 2.35. The van der Waals surface area contributed by atoms with E-state index < -0.39 is 18.4 Å². The Morgan fingerprint density at radius 2 is 1.66 bits per heavy atom. The second-order valence-electron chi connectivity index (χ2n) is 12.2. The summed E-state index contributed by atoms with van der Waals surface area (Å²) in [6, 6.07) is 23.1. The van der Waals surface area contributed by atoms with Crippen molar-refractivity contribution in [2.45, 2.75) is 52.1 Å². The second-order valence-corrected chi connectivity index (χ2v) is 12.6. The molecule has 47 heavy (non-hydrogen) atoms. The zero-order chi connectivity index (χ0) is 33.3. The van der Waals surface area contributed by atoms with Gasteiger partial charge in [-0.1, -0.05) is 61.8 Å². The number of rotatable bonds is 14. The lowest BCUT2D eigenvalue weighted by atomic mass is 10.0. The monoisotopic (exact) mass is 656 g/mol. The molecule has 5 rings (SSSR count). The van der Waals surface area contributed by atoms with Gasteiger partial charge in [-0.2, -0.15) is 0 Å². The standard InChI is InChI=1S/C37H41ClN4O5/c1-25(2)24-47-31-17-6-26(7-18-31)10-19-33-32(36(45)41(23-35(43)44)22-27-8-15-30(46-3)16-9-27)21-39-37(40-33)42-20-4-5-34(42)28-11-13-29(38)14-12-28/h6-9,11-18,21,25,34H,4-5,10,19-20,22-24H2,1-3H3,(H,43,44)/t34-/m1/s1. The molecule has 1 amide bonds. The van der Waals surface area contributed by atoms with Crippen LogP contribution in [0.15, 0.2) is 79.0 Å². The van der Waals surface area contributed by atoms with E-state index in [9.17, 15) is 14.7 Å². The van der Waals surface area contributed by atoms with Gasteiger partial charge in [-0.25, -0.2) is 9.97 Å². The van der Waals surface area contributed by atoms with Crippen molar-refractivity contribution in [3.8, 4) is 11.5 Å². The van der Waals surface area contributed by atoms with Crippen molar-refractivity contribution < 1.29 is 24.2 Å². The molecule has 1 atom stereocenters. The van der Waals surface area contributed by atoms with Crippen LogP contribution < -0.4 is 14.4 Å². The number of anilines is 1. The van der Waals surface area contributed by atoms with Crippen LogP contribution in [0.1, 0.15) is 65.5 Å².